The quantitative estimate of drug-likeness (QED) is 0.444. The lowest BCUT2D eigenvalue weighted by atomic mass is 10.1. The molecular formula is C19H21F2N3O6S. The van der Waals surface area contributed by atoms with Gasteiger partial charge in [-0.2, -0.15) is 13.1 Å². The molecule has 0 bridgehead atoms. The Hall–Kier alpha value is -2.83. The predicted octanol–water partition coefficient (Wildman–Crippen LogP) is 2.71. The number of nitro groups is 1. The largest absolute Gasteiger partial charge is 0.493 e. The first kappa shape index (κ1) is 22.8. The standard InChI is InChI=1S/C19H21F2N3O6S/c1-29-17-11-14(16(24(25)26)12-18(17)30-19(20)21)13-22-7-9-23(10-8-22)31(27,28)15-5-3-2-4-6-15/h2-6,11-12,19H,7-10,13H2,1H3. The molecule has 1 aliphatic rings. The molecule has 3 rings (SSSR count). The van der Waals surface area contributed by atoms with Gasteiger partial charge in [0.05, 0.1) is 23.0 Å². The summed E-state index contributed by atoms with van der Waals surface area (Å²) in [6.07, 6.45) is 0. The average Bonchev–Trinajstić information content (AvgIpc) is 2.75. The highest BCUT2D eigenvalue weighted by molar-refractivity contribution is 7.89. The number of nitrogens with zero attached hydrogens (tertiary/aromatic N) is 3. The molecule has 0 spiro atoms. The van der Waals surface area contributed by atoms with Gasteiger partial charge in [0.1, 0.15) is 0 Å². The first-order valence-electron chi connectivity index (χ1n) is 9.30. The van der Waals surface area contributed by atoms with Crippen LogP contribution in [-0.2, 0) is 16.6 Å². The van der Waals surface area contributed by atoms with Crippen LogP contribution in [0.1, 0.15) is 5.56 Å². The number of halogens is 2. The van der Waals surface area contributed by atoms with E-state index in [1.807, 2.05) is 4.90 Å². The van der Waals surface area contributed by atoms with E-state index in [0.29, 0.717) is 13.1 Å². The first-order chi connectivity index (χ1) is 14.7. The van der Waals surface area contributed by atoms with E-state index in [4.69, 9.17) is 4.74 Å². The number of methoxy groups -OCH3 is 1. The number of sulfonamides is 1. The Bertz CT molecular complexity index is 1030. The minimum Gasteiger partial charge on any atom is -0.493 e. The van der Waals surface area contributed by atoms with Crippen LogP contribution in [0.15, 0.2) is 47.4 Å². The van der Waals surface area contributed by atoms with Crippen LogP contribution < -0.4 is 9.47 Å². The first-order valence-corrected chi connectivity index (χ1v) is 10.7. The van der Waals surface area contributed by atoms with Crippen molar-refractivity contribution in [3.8, 4) is 11.5 Å². The predicted molar refractivity (Wildman–Crippen MR) is 107 cm³/mol. The van der Waals surface area contributed by atoms with E-state index in [9.17, 15) is 27.3 Å². The highest BCUT2D eigenvalue weighted by Gasteiger charge is 2.30. The summed E-state index contributed by atoms with van der Waals surface area (Å²) in [4.78, 5) is 12.8. The number of ether oxygens (including phenoxy) is 2. The summed E-state index contributed by atoms with van der Waals surface area (Å²) in [5.74, 6) is -0.474. The zero-order valence-corrected chi connectivity index (χ0v) is 17.4. The summed E-state index contributed by atoms with van der Waals surface area (Å²) in [5.41, 5.74) is -0.126. The topological polar surface area (TPSA) is 102 Å². The van der Waals surface area contributed by atoms with E-state index >= 15 is 0 Å². The van der Waals surface area contributed by atoms with Crippen molar-refractivity contribution in [1.29, 1.82) is 0 Å². The second-order valence-corrected chi connectivity index (χ2v) is 8.70. The molecule has 2 aromatic carbocycles. The van der Waals surface area contributed by atoms with E-state index in [2.05, 4.69) is 4.74 Å². The molecule has 31 heavy (non-hydrogen) atoms. The van der Waals surface area contributed by atoms with Crippen LogP contribution in [-0.4, -0.2) is 62.4 Å². The van der Waals surface area contributed by atoms with Gasteiger partial charge in [-0.05, 0) is 18.2 Å². The molecule has 0 amide bonds. The van der Waals surface area contributed by atoms with Gasteiger partial charge in [0.15, 0.2) is 11.5 Å². The Labute approximate surface area is 178 Å². The van der Waals surface area contributed by atoms with Crippen LogP contribution in [0.5, 0.6) is 11.5 Å². The van der Waals surface area contributed by atoms with Crippen molar-refractivity contribution in [3.05, 3.63) is 58.1 Å². The third-order valence-corrected chi connectivity index (χ3v) is 6.80. The zero-order valence-electron chi connectivity index (χ0n) is 16.6. The highest BCUT2D eigenvalue weighted by atomic mass is 32.2. The highest BCUT2D eigenvalue weighted by Crippen LogP contribution is 2.36. The summed E-state index contributed by atoms with van der Waals surface area (Å²) in [6.45, 7) is -1.90. The number of benzene rings is 2. The minimum atomic E-state index is -3.62. The van der Waals surface area contributed by atoms with E-state index < -0.39 is 27.3 Å². The lowest BCUT2D eigenvalue weighted by Gasteiger charge is -2.34. The molecule has 0 N–H and O–H groups in total. The molecule has 0 atom stereocenters. The van der Waals surface area contributed by atoms with Crippen molar-refractivity contribution in [2.24, 2.45) is 0 Å². The van der Waals surface area contributed by atoms with Crippen LogP contribution >= 0.6 is 0 Å². The van der Waals surface area contributed by atoms with Crippen molar-refractivity contribution in [1.82, 2.24) is 9.21 Å². The third kappa shape index (κ3) is 5.27. The Balaban J connectivity index is 1.74. The molecule has 2 aromatic rings. The van der Waals surface area contributed by atoms with Gasteiger partial charge in [-0.15, -0.1) is 0 Å². The molecule has 1 saturated heterocycles. The minimum absolute atomic E-state index is 0.0498. The maximum absolute atomic E-state index is 12.7. The average molecular weight is 457 g/mol. The number of nitro benzene ring substituents is 1. The van der Waals surface area contributed by atoms with Crippen LogP contribution in [0, 0.1) is 10.1 Å². The molecule has 168 valence electrons. The second kappa shape index (κ2) is 9.54. The van der Waals surface area contributed by atoms with Crippen LogP contribution in [0.3, 0.4) is 0 Å². The van der Waals surface area contributed by atoms with Gasteiger partial charge >= 0.3 is 6.61 Å². The van der Waals surface area contributed by atoms with Crippen LogP contribution in [0.2, 0.25) is 0 Å². The molecule has 0 saturated carbocycles. The molecule has 12 heteroatoms. The number of piperazine rings is 1. The van der Waals surface area contributed by atoms with Gasteiger partial charge in [0, 0.05) is 38.3 Å². The Morgan fingerprint density at radius 1 is 1.10 bits per heavy atom. The van der Waals surface area contributed by atoms with Gasteiger partial charge in [-0.25, -0.2) is 8.42 Å². The summed E-state index contributed by atoms with van der Waals surface area (Å²) < 4.78 is 61.4. The van der Waals surface area contributed by atoms with E-state index in [0.717, 1.165) is 6.07 Å². The fourth-order valence-electron chi connectivity index (χ4n) is 3.35. The van der Waals surface area contributed by atoms with Gasteiger partial charge in [0.25, 0.3) is 5.69 Å². The van der Waals surface area contributed by atoms with Crippen molar-refractivity contribution >= 4 is 15.7 Å². The van der Waals surface area contributed by atoms with Crippen LogP contribution in [0.4, 0.5) is 14.5 Å². The SMILES string of the molecule is COc1cc(CN2CCN(S(=O)(=O)c3ccccc3)CC2)c([N+](=O)[O-])cc1OC(F)F. The maximum Gasteiger partial charge on any atom is 0.387 e. The number of rotatable bonds is 8. The zero-order chi connectivity index (χ0) is 22.6. The number of hydrogen-bond acceptors (Lipinski definition) is 7. The summed E-state index contributed by atoms with van der Waals surface area (Å²) >= 11 is 0. The lowest BCUT2D eigenvalue weighted by Crippen LogP contribution is -2.48. The summed E-state index contributed by atoms with van der Waals surface area (Å²) in [7, 11) is -2.37. The van der Waals surface area contributed by atoms with E-state index in [-0.39, 0.29) is 41.5 Å². The van der Waals surface area contributed by atoms with Gasteiger partial charge in [-0.1, -0.05) is 18.2 Å². The summed E-state index contributed by atoms with van der Waals surface area (Å²) in [6, 6.07) is 10.3. The molecule has 0 aliphatic carbocycles. The number of hydrogen-bond donors (Lipinski definition) is 0. The van der Waals surface area contributed by atoms with Crippen molar-refractivity contribution in [3.63, 3.8) is 0 Å². The van der Waals surface area contributed by atoms with Crippen LogP contribution in [0.25, 0.3) is 0 Å². The molecule has 0 aromatic heterocycles. The maximum atomic E-state index is 12.7. The van der Waals surface area contributed by atoms with E-state index in [1.165, 1.54) is 29.6 Å². The lowest BCUT2D eigenvalue weighted by molar-refractivity contribution is -0.385. The Morgan fingerprint density at radius 2 is 1.74 bits per heavy atom. The van der Waals surface area contributed by atoms with Crippen molar-refractivity contribution in [2.75, 3.05) is 33.3 Å². The van der Waals surface area contributed by atoms with Crippen molar-refractivity contribution in [2.45, 2.75) is 18.1 Å². The molecule has 9 nitrogen and oxygen atoms in total. The fraction of sp³-hybridized carbons (Fsp3) is 0.368. The normalized spacial score (nSPS) is 15.7. The molecule has 0 unspecified atom stereocenters. The van der Waals surface area contributed by atoms with Gasteiger partial charge in [-0.3, -0.25) is 15.0 Å². The third-order valence-electron chi connectivity index (χ3n) is 4.88. The molecule has 0 radical (unpaired) electrons. The second-order valence-electron chi connectivity index (χ2n) is 6.76. The van der Waals surface area contributed by atoms with Gasteiger partial charge in [0.2, 0.25) is 10.0 Å². The number of alkyl halides is 2. The Kier molecular flexibility index (Phi) is 7.03. The Morgan fingerprint density at radius 3 is 2.29 bits per heavy atom. The monoisotopic (exact) mass is 457 g/mol. The van der Waals surface area contributed by atoms with Gasteiger partial charge < -0.3 is 9.47 Å². The smallest absolute Gasteiger partial charge is 0.387 e. The summed E-state index contributed by atoms with van der Waals surface area (Å²) in [5, 5.41) is 11.5. The fourth-order valence-corrected chi connectivity index (χ4v) is 4.79. The molecule has 1 fully saturated rings. The van der Waals surface area contributed by atoms with Crippen molar-refractivity contribution < 1.29 is 31.6 Å². The molecule has 1 aliphatic heterocycles. The van der Waals surface area contributed by atoms with E-state index in [1.54, 1.807) is 18.2 Å². The molecular weight excluding hydrogens is 436 g/mol. The molecule has 1 heterocycles.